The second kappa shape index (κ2) is 11.2. The molecule has 2 heterocycles. The van der Waals surface area contributed by atoms with Gasteiger partial charge in [0, 0.05) is 50.4 Å². The Labute approximate surface area is 183 Å². The second-order valence-corrected chi connectivity index (χ2v) is 7.91. The average Bonchev–Trinajstić information content (AvgIpc) is 2.83. The van der Waals surface area contributed by atoms with Gasteiger partial charge in [-0.1, -0.05) is 30.3 Å². The van der Waals surface area contributed by atoms with Crippen LogP contribution in [0.4, 0.5) is 0 Å². The Morgan fingerprint density at radius 2 is 1.94 bits per heavy atom. The first kappa shape index (κ1) is 22.5. The lowest BCUT2D eigenvalue weighted by Gasteiger charge is -2.23. The summed E-state index contributed by atoms with van der Waals surface area (Å²) < 4.78 is 0. The summed E-state index contributed by atoms with van der Waals surface area (Å²) in [5, 5.41) is 5.88. The molecule has 1 aromatic heterocycles. The maximum absolute atomic E-state index is 12.9. The predicted molar refractivity (Wildman–Crippen MR) is 118 cm³/mol. The van der Waals surface area contributed by atoms with Gasteiger partial charge in [-0.25, -0.2) is 0 Å². The van der Waals surface area contributed by atoms with Crippen LogP contribution < -0.4 is 10.6 Å². The van der Waals surface area contributed by atoms with Crippen LogP contribution in [-0.2, 0) is 16.1 Å². The molecule has 1 aliphatic rings. The molecule has 1 aromatic carbocycles. The van der Waals surface area contributed by atoms with Gasteiger partial charge in [-0.3, -0.25) is 19.4 Å². The van der Waals surface area contributed by atoms with Crippen molar-refractivity contribution in [1.29, 1.82) is 0 Å². The minimum absolute atomic E-state index is 0.0158. The summed E-state index contributed by atoms with van der Waals surface area (Å²) in [5.41, 5.74) is 2.40. The maximum atomic E-state index is 12.9. The van der Waals surface area contributed by atoms with Crippen LogP contribution in [0, 0.1) is 12.8 Å². The zero-order valence-electron chi connectivity index (χ0n) is 18.0. The van der Waals surface area contributed by atoms with Gasteiger partial charge < -0.3 is 15.5 Å². The number of rotatable bonds is 4. The topological polar surface area (TPSA) is 91.4 Å². The van der Waals surface area contributed by atoms with Gasteiger partial charge in [-0.05, 0) is 43.9 Å². The third kappa shape index (κ3) is 6.91. The number of aryl methyl sites for hydroxylation is 1. The molecule has 0 radical (unpaired) electrons. The number of amides is 3. The van der Waals surface area contributed by atoms with Gasteiger partial charge in [0.25, 0.3) is 5.91 Å². The fourth-order valence-electron chi connectivity index (χ4n) is 3.67. The molecule has 0 aliphatic carbocycles. The molecule has 0 bridgehead atoms. The molecule has 1 unspecified atom stereocenters. The molecule has 7 heteroatoms. The summed E-state index contributed by atoms with van der Waals surface area (Å²) in [4.78, 5) is 43.8. The summed E-state index contributed by atoms with van der Waals surface area (Å²) in [6, 6.07) is 13.3. The molecule has 164 valence electrons. The van der Waals surface area contributed by atoms with Crippen molar-refractivity contribution >= 4 is 17.7 Å². The standard InChI is InChI=1S/C24H30N4O3/c1-18-9-10-21(17-26-18)24(31)28-14-5-8-20(11-13-25-22(29)12-15-28)23(30)27-16-19-6-3-2-4-7-19/h2-4,6-7,9-10,17,20H,5,8,11-16H2,1H3,(H,25,29)(H,27,30). The number of hydrogen-bond donors (Lipinski definition) is 2. The number of nitrogens with one attached hydrogen (secondary N) is 2. The lowest BCUT2D eigenvalue weighted by atomic mass is 9.98. The normalized spacial score (nSPS) is 17.9. The van der Waals surface area contributed by atoms with Crippen molar-refractivity contribution in [3.05, 3.63) is 65.5 Å². The summed E-state index contributed by atoms with van der Waals surface area (Å²) >= 11 is 0. The molecule has 1 aliphatic heterocycles. The van der Waals surface area contributed by atoms with Crippen molar-refractivity contribution in [3.63, 3.8) is 0 Å². The van der Waals surface area contributed by atoms with Crippen LogP contribution >= 0.6 is 0 Å². The highest BCUT2D eigenvalue weighted by atomic mass is 16.2. The Balaban J connectivity index is 1.61. The van der Waals surface area contributed by atoms with Gasteiger partial charge in [-0.15, -0.1) is 0 Å². The van der Waals surface area contributed by atoms with E-state index in [0.29, 0.717) is 51.0 Å². The Bertz CT molecular complexity index is 883. The molecule has 3 rings (SSSR count). The largest absolute Gasteiger partial charge is 0.356 e. The summed E-state index contributed by atoms with van der Waals surface area (Å²) in [6.45, 7) is 3.66. The Hall–Kier alpha value is -3.22. The van der Waals surface area contributed by atoms with Crippen LogP contribution in [0.2, 0.25) is 0 Å². The van der Waals surface area contributed by atoms with Crippen molar-refractivity contribution in [2.24, 2.45) is 5.92 Å². The van der Waals surface area contributed by atoms with Crippen LogP contribution in [0.1, 0.15) is 47.3 Å². The van der Waals surface area contributed by atoms with E-state index in [4.69, 9.17) is 0 Å². The molecule has 7 nitrogen and oxygen atoms in total. The number of aromatic nitrogens is 1. The monoisotopic (exact) mass is 422 g/mol. The molecule has 0 spiro atoms. The van der Waals surface area contributed by atoms with Gasteiger partial charge >= 0.3 is 0 Å². The van der Waals surface area contributed by atoms with Gasteiger partial charge in [0.2, 0.25) is 11.8 Å². The van der Waals surface area contributed by atoms with Crippen LogP contribution in [0.25, 0.3) is 0 Å². The number of pyridine rings is 1. The van der Waals surface area contributed by atoms with E-state index in [1.807, 2.05) is 37.3 Å². The number of carbonyl (C=O) groups is 3. The fourth-order valence-corrected chi connectivity index (χ4v) is 3.67. The molecule has 31 heavy (non-hydrogen) atoms. The molecular weight excluding hydrogens is 392 g/mol. The zero-order chi connectivity index (χ0) is 22.1. The fraction of sp³-hybridized carbons (Fsp3) is 0.417. The molecule has 0 saturated carbocycles. The number of hydrogen-bond acceptors (Lipinski definition) is 4. The first-order chi connectivity index (χ1) is 15.0. The van der Waals surface area contributed by atoms with Crippen LogP contribution in [-0.4, -0.2) is 47.2 Å². The van der Waals surface area contributed by atoms with E-state index in [9.17, 15) is 14.4 Å². The molecule has 1 atom stereocenters. The lowest BCUT2D eigenvalue weighted by Crippen LogP contribution is -2.35. The van der Waals surface area contributed by atoms with Crippen molar-refractivity contribution in [1.82, 2.24) is 20.5 Å². The van der Waals surface area contributed by atoms with Crippen molar-refractivity contribution in [2.75, 3.05) is 19.6 Å². The summed E-state index contributed by atoms with van der Waals surface area (Å²) in [7, 11) is 0. The van der Waals surface area contributed by atoms with Crippen LogP contribution in [0.5, 0.6) is 0 Å². The third-order valence-electron chi connectivity index (χ3n) is 5.53. The first-order valence-corrected chi connectivity index (χ1v) is 10.8. The number of carbonyl (C=O) groups excluding carboxylic acids is 3. The Morgan fingerprint density at radius 3 is 2.68 bits per heavy atom. The zero-order valence-corrected chi connectivity index (χ0v) is 18.0. The molecule has 3 amide bonds. The lowest BCUT2D eigenvalue weighted by molar-refractivity contribution is -0.126. The van der Waals surface area contributed by atoms with Crippen LogP contribution in [0.3, 0.4) is 0 Å². The first-order valence-electron chi connectivity index (χ1n) is 10.8. The third-order valence-corrected chi connectivity index (χ3v) is 5.53. The smallest absolute Gasteiger partial charge is 0.255 e. The van der Waals surface area contributed by atoms with Crippen molar-refractivity contribution in [3.8, 4) is 0 Å². The second-order valence-electron chi connectivity index (χ2n) is 7.91. The van der Waals surface area contributed by atoms with E-state index >= 15 is 0 Å². The van der Waals surface area contributed by atoms with E-state index in [-0.39, 0.29) is 30.1 Å². The highest BCUT2D eigenvalue weighted by Gasteiger charge is 2.22. The quantitative estimate of drug-likeness (QED) is 0.792. The predicted octanol–water partition coefficient (Wildman–Crippen LogP) is 2.46. The van der Waals surface area contributed by atoms with E-state index in [2.05, 4.69) is 15.6 Å². The van der Waals surface area contributed by atoms with Gasteiger partial charge in [-0.2, -0.15) is 0 Å². The Morgan fingerprint density at radius 1 is 1.13 bits per heavy atom. The van der Waals surface area contributed by atoms with Gasteiger partial charge in [0.05, 0.1) is 5.56 Å². The summed E-state index contributed by atoms with van der Waals surface area (Å²) in [6.07, 6.45) is 3.76. The molecular formula is C24H30N4O3. The minimum atomic E-state index is -0.208. The van der Waals surface area contributed by atoms with E-state index in [1.165, 1.54) is 0 Å². The average molecular weight is 423 g/mol. The maximum Gasteiger partial charge on any atom is 0.255 e. The van der Waals surface area contributed by atoms with Crippen molar-refractivity contribution in [2.45, 2.75) is 39.2 Å². The number of benzene rings is 1. The molecule has 2 aromatic rings. The Kier molecular flexibility index (Phi) is 8.15. The highest BCUT2D eigenvalue weighted by Crippen LogP contribution is 2.15. The number of nitrogens with zero attached hydrogens (tertiary/aromatic N) is 2. The SMILES string of the molecule is Cc1ccc(C(=O)N2CCCC(C(=O)NCc3ccccc3)CCNC(=O)CC2)cn1. The van der Waals surface area contributed by atoms with E-state index in [1.54, 1.807) is 23.2 Å². The highest BCUT2D eigenvalue weighted by molar-refractivity contribution is 5.94. The molecule has 1 fully saturated rings. The van der Waals surface area contributed by atoms with Gasteiger partial charge in [0.15, 0.2) is 0 Å². The molecule has 2 N–H and O–H groups in total. The minimum Gasteiger partial charge on any atom is -0.356 e. The summed E-state index contributed by atoms with van der Waals surface area (Å²) in [5.74, 6) is -0.465. The van der Waals surface area contributed by atoms with Crippen LogP contribution in [0.15, 0.2) is 48.7 Å². The van der Waals surface area contributed by atoms with Crippen molar-refractivity contribution < 1.29 is 14.4 Å². The molecule has 1 saturated heterocycles. The van der Waals surface area contributed by atoms with E-state index in [0.717, 1.165) is 11.3 Å². The van der Waals surface area contributed by atoms with Gasteiger partial charge in [0.1, 0.15) is 0 Å². The van der Waals surface area contributed by atoms with E-state index < -0.39 is 0 Å².